The van der Waals surface area contributed by atoms with Gasteiger partial charge in [0.25, 0.3) is 0 Å². The van der Waals surface area contributed by atoms with Gasteiger partial charge in [0, 0.05) is 25.0 Å². The molecule has 0 spiro atoms. The highest BCUT2D eigenvalue weighted by atomic mass is 16.5. The monoisotopic (exact) mass is 341 g/mol. The minimum atomic E-state index is -0.956. The van der Waals surface area contributed by atoms with E-state index in [0.717, 1.165) is 18.4 Å². The van der Waals surface area contributed by atoms with Gasteiger partial charge in [-0.1, -0.05) is 24.3 Å². The first-order valence-electron chi connectivity index (χ1n) is 8.03. The Bertz CT molecular complexity index is 712. The minimum Gasteiger partial charge on any atom is -0.479 e. The van der Waals surface area contributed by atoms with Crippen molar-refractivity contribution in [1.29, 1.82) is 5.41 Å². The van der Waals surface area contributed by atoms with Crippen LogP contribution in [-0.2, 0) is 16.0 Å². The van der Waals surface area contributed by atoms with Crippen molar-refractivity contribution >= 4 is 17.5 Å². The number of hydrogen-bond donors (Lipinski definition) is 4. The molecule has 1 unspecified atom stereocenters. The SMILES string of the molecule is COCCCc1ccc(C(Nc2ccc(C(=N)N)cc2)C(=O)O)cc1. The van der Waals surface area contributed by atoms with Crippen LogP contribution in [0, 0.1) is 5.41 Å². The van der Waals surface area contributed by atoms with Crippen LogP contribution in [0.4, 0.5) is 5.69 Å². The zero-order valence-electron chi connectivity index (χ0n) is 14.2. The molecule has 6 nitrogen and oxygen atoms in total. The number of ether oxygens (including phenoxy) is 1. The van der Waals surface area contributed by atoms with E-state index in [1.807, 2.05) is 24.3 Å². The third-order valence-electron chi connectivity index (χ3n) is 3.88. The Labute approximate surface area is 147 Å². The number of rotatable bonds is 9. The predicted octanol–water partition coefficient (Wildman–Crippen LogP) is 2.79. The lowest BCUT2D eigenvalue weighted by Gasteiger charge is -2.17. The summed E-state index contributed by atoms with van der Waals surface area (Å²) < 4.78 is 5.04. The molecule has 2 aromatic carbocycles. The minimum absolute atomic E-state index is 0.0228. The molecule has 0 aliphatic rings. The van der Waals surface area contributed by atoms with Gasteiger partial charge in [-0.05, 0) is 48.2 Å². The number of aryl methyl sites for hydroxylation is 1. The first-order valence-corrected chi connectivity index (χ1v) is 8.03. The molecular formula is C19H23N3O3. The largest absolute Gasteiger partial charge is 0.479 e. The summed E-state index contributed by atoms with van der Waals surface area (Å²) in [6.07, 6.45) is 1.82. The molecule has 0 saturated carbocycles. The van der Waals surface area contributed by atoms with Gasteiger partial charge in [0.1, 0.15) is 5.84 Å². The molecule has 0 amide bonds. The molecule has 0 aromatic heterocycles. The molecule has 132 valence electrons. The van der Waals surface area contributed by atoms with Gasteiger partial charge >= 0.3 is 5.97 Å². The van der Waals surface area contributed by atoms with E-state index in [0.29, 0.717) is 23.4 Å². The summed E-state index contributed by atoms with van der Waals surface area (Å²) in [6.45, 7) is 0.706. The van der Waals surface area contributed by atoms with Crippen LogP contribution in [0.5, 0.6) is 0 Å². The van der Waals surface area contributed by atoms with Crippen LogP contribution < -0.4 is 11.1 Å². The zero-order valence-corrected chi connectivity index (χ0v) is 14.2. The highest BCUT2D eigenvalue weighted by Crippen LogP contribution is 2.21. The lowest BCUT2D eigenvalue weighted by atomic mass is 10.0. The molecule has 2 rings (SSSR count). The van der Waals surface area contributed by atoms with E-state index in [9.17, 15) is 9.90 Å². The van der Waals surface area contributed by atoms with E-state index in [-0.39, 0.29) is 5.84 Å². The van der Waals surface area contributed by atoms with Gasteiger partial charge < -0.3 is 20.9 Å². The summed E-state index contributed by atoms with van der Waals surface area (Å²) in [7, 11) is 1.68. The number of aliphatic carboxylic acids is 1. The average Bonchev–Trinajstić information content (AvgIpc) is 2.61. The maximum absolute atomic E-state index is 11.6. The van der Waals surface area contributed by atoms with Crippen molar-refractivity contribution in [2.45, 2.75) is 18.9 Å². The van der Waals surface area contributed by atoms with Gasteiger partial charge in [-0.15, -0.1) is 0 Å². The fraction of sp³-hybridized carbons (Fsp3) is 0.263. The van der Waals surface area contributed by atoms with E-state index >= 15 is 0 Å². The predicted molar refractivity (Wildman–Crippen MR) is 98.1 cm³/mol. The number of hydrogen-bond acceptors (Lipinski definition) is 4. The van der Waals surface area contributed by atoms with E-state index in [2.05, 4.69) is 5.32 Å². The molecule has 2 aromatic rings. The number of benzene rings is 2. The zero-order chi connectivity index (χ0) is 18.2. The van der Waals surface area contributed by atoms with Crippen molar-refractivity contribution in [1.82, 2.24) is 0 Å². The molecule has 0 fully saturated rings. The third-order valence-corrected chi connectivity index (χ3v) is 3.88. The Hall–Kier alpha value is -2.86. The van der Waals surface area contributed by atoms with E-state index in [1.165, 1.54) is 0 Å². The van der Waals surface area contributed by atoms with E-state index in [4.69, 9.17) is 15.9 Å². The van der Waals surface area contributed by atoms with Crippen LogP contribution in [0.1, 0.15) is 29.2 Å². The van der Waals surface area contributed by atoms with Crippen LogP contribution in [-0.4, -0.2) is 30.6 Å². The van der Waals surface area contributed by atoms with Gasteiger partial charge in [-0.2, -0.15) is 0 Å². The van der Waals surface area contributed by atoms with Crippen LogP contribution >= 0.6 is 0 Å². The Balaban J connectivity index is 2.09. The quantitative estimate of drug-likeness (QED) is 0.319. The third kappa shape index (κ3) is 5.32. The molecule has 0 radical (unpaired) electrons. The number of carbonyl (C=O) groups is 1. The van der Waals surface area contributed by atoms with Crippen LogP contribution in [0.3, 0.4) is 0 Å². The van der Waals surface area contributed by atoms with E-state index < -0.39 is 12.0 Å². The molecule has 0 bridgehead atoms. The number of amidine groups is 1. The number of methoxy groups -OCH3 is 1. The van der Waals surface area contributed by atoms with Gasteiger partial charge in [0.15, 0.2) is 6.04 Å². The molecular weight excluding hydrogens is 318 g/mol. The highest BCUT2D eigenvalue weighted by Gasteiger charge is 2.19. The lowest BCUT2D eigenvalue weighted by molar-refractivity contribution is -0.138. The van der Waals surface area contributed by atoms with E-state index in [1.54, 1.807) is 31.4 Å². The molecule has 1 atom stereocenters. The van der Waals surface area contributed by atoms with Crippen LogP contribution in [0.2, 0.25) is 0 Å². The number of carboxylic acid groups (broad SMARTS) is 1. The second-order valence-corrected chi connectivity index (χ2v) is 5.74. The number of carboxylic acids is 1. The standard InChI is InChI=1S/C19H23N3O3/c1-25-12-2-3-13-4-6-14(7-5-13)17(19(23)24)22-16-10-8-15(9-11-16)18(20)21/h4-11,17,22H,2-3,12H2,1H3,(H3,20,21)(H,23,24). The summed E-state index contributed by atoms with van der Waals surface area (Å²) in [6, 6.07) is 13.5. The lowest BCUT2D eigenvalue weighted by Crippen LogP contribution is -2.20. The Morgan fingerprint density at radius 3 is 2.36 bits per heavy atom. The maximum Gasteiger partial charge on any atom is 0.330 e. The summed E-state index contributed by atoms with van der Waals surface area (Å²) in [5.74, 6) is -0.979. The summed E-state index contributed by atoms with van der Waals surface area (Å²) in [5.41, 5.74) is 8.50. The number of anilines is 1. The van der Waals surface area contributed by atoms with Crippen molar-refractivity contribution in [3.05, 3.63) is 65.2 Å². The van der Waals surface area contributed by atoms with Crippen molar-refractivity contribution in [2.24, 2.45) is 5.73 Å². The number of nitrogens with two attached hydrogens (primary N) is 1. The molecule has 0 heterocycles. The number of nitrogen functional groups attached to an aromatic ring is 1. The fourth-order valence-corrected chi connectivity index (χ4v) is 2.50. The fourth-order valence-electron chi connectivity index (χ4n) is 2.50. The summed E-state index contributed by atoms with van der Waals surface area (Å²) in [4.78, 5) is 11.6. The number of nitrogens with one attached hydrogen (secondary N) is 2. The van der Waals surface area contributed by atoms with Crippen molar-refractivity contribution < 1.29 is 14.6 Å². The summed E-state index contributed by atoms with van der Waals surface area (Å²) >= 11 is 0. The van der Waals surface area contributed by atoms with Crippen LogP contribution in [0.25, 0.3) is 0 Å². The van der Waals surface area contributed by atoms with Gasteiger partial charge in [-0.25, -0.2) is 4.79 Å². The second kappa shape index (κ2) is 8.84. The smallest absolute Gasteiger partial charge is 0.330 e. The van der Waals surface area contributed by atoms with Crippen LogP contribution in [0.15, 0.2) is 48.5 Å². The second-order valence-electron chi connectivity index (χ2n) is 5.74. The van der Waals surface area contributed by atoms with Crippen molar-refractivity contribution in [3.63, 3.8) is 0 Å². The van der Waals surface area contributed by atoms with Gasteiger partial charge in [0.05, 0.1) is 0 Å². The Kier molecular flexibility index (Phi) is 6.54. The first-order chi connectivity index (χ1) is 12.0. The Morgan fingerprint density at radius 2 is 1.84 bits per heavy atom. The molecule has 0 saturated heterocycles. The van der Waals surface area contributed by atoms with Crippen molar-refractivity contribution in [2.75, 3.05) is 19.0 Å². The molecule has 5 N–H and O–H groups in total. The Morgan fingerprint density at radius 1 is 1.20 bits per heavy atom. The molecule has 0 aliphatic carbocycles. The first kappa shape index (κ1) is 18.5. The topological polar surface area (TPSA) is 108 Å². The maximum atomic E-state index is 11.6. The summed E-state index contributed by atoms with van der Waals surface area (Å²) in [5, 5.41) is 19.9. The molecule has 25 heavy (non-hydrogen) atoms. The highest BCUT2D eigenvalue weighted by molar-refractivity contribution is 5.95. The normalized spacial score (nSPS) is 11.7. The molecule has 6 heteroatoms. The average molecular weight is 341 g/mol. The van der Waals surface area contributed by atoms with Gasteiger partial charge in [0.2, 0.25) is 0 Å². The molecule has 0 aliphatic heterocycles. The van der Waals surface area contributed by atoms with Gasteiger partial charge in [-0.3, -0.25) is 5.41 Å². The van der Waals surface area contributed by atoms with Crippen molar-refractivity contribution in [3.8, 4) is 0 Å².